The maximum Gasteiger partial charge on any atom is 0.268 e. The van der Waals surface area contributed by atoms with E-state index in [1.807, 2.05) is 6.07 Å². The fourth-order valence-corrected chi connectivity index (χ4v) is 4.52. The lowest BCUT2D eigenvalue weighted by Gasteiger charge is -2.25. The monoisotopic (exact) mass is 362 g/mol. The molecule has 0 aliphatic carbocycles. The summed E-state index contributed by atoms with van der Waals surface area (Å²) in [5, 5.41) is 2.79. The van der Waals surface area contributed by atoms with Gasteiger partial charge in [0.05, 0.1) is 0 Å². The van der Waals surface area contributed by atoms with Crippen molar-refractivity contribution in [2.45, 2.75) is 30.7 Å². The molecule has 0 saturated carbocycles. The molecule has 1 aliphatic heterocycles. The second-order valence-electron chi connectivity index (χ2n) is 6.18. The lowest BCUT2D eigenvalue weighted by molar-refractivity contribution is 0.0942. The van der Waals surface area contributed by atoms with Crippen molar-refractivity contribution < 1.29 is 13.2 Å². The van der Waals surface area contributed by atoms with Crippen LogP contribution in [0.2, 0.25) is 0 Å². The van der Waals surface area contributed by atoms with Gasteiger partial charge in [-0.1, -0.05) is 12.5 Å². The summed E-state index contributed by atoms with van der Waals surface area (Å²) in [5.41, 5.74) is 1.20. The van der Waals surface area contributed by atoms with E-state index in [-0.39, 0.29) is 10.8 Å². The predicted octanol–water partition coefficient (Wildman–Crippen LogP) is 1.52. The number of rotatable bonds is 5. The van der Waals surface area contributed by atoms with Gasteiger partial charge >= 0.3 is 0 Å². The molecule has 134 valence electrons. The molecule has 1 N–H and O–H groups in total. The normalized spacial score (nSPS) is 15.9. The van der Waals surface area contributed by atoms with Crippen molar-refractivity contribution in [1.29, 1.82) is 0 Å². The van der Waals surface area contributed by atoms with E-state index in [1.54, 1.807) is 30.1 Å². The van der Waals surface area contributed by atoms with Crippen LogP contribution in [0.25, 0.3) is 0 Å². The number of aromatic nitrogens is 2. The first kappa shape index (κ1) is 17.6. The van der Waals surface area contributed by atoms with E-state index in [2.05, 4.69) is 10.3 Å². The van der Waals surface area contributed by atoms with E-state index in [0.29, 0.717) is 25.3 Å². The summed E-state index contributed by atoms with van der Waals surface area (Å²) in [6.45, 7) is 1.42. The van der Waals surface area contributed by atoms with Crippen LogP contribution in [0.15, 0.2) is 41.7 Å². The summed E-state index contributed by atoms with van der Waals surface area (Å²) >= 11 is 0. The Hall–Kier alpha value is -2.19. The molecule has 8 heteroatoms. The molecule has 2 aromatic rings. The van der Waals surface area contributed by atoms with Gasteiger partial charge in [-0.3, -0.25) is 9.78 Å². The molecule has 0 unspecified atom stereocenters. The maximum absolute atomic E-state index is 12.7. The van der Waals surface area contributed by atoms with Gasteiger partial charge in [0.1, 0.15) is 10.6 Å². The average molecular weight is 362 g/mol. The quantitative estimate of drug-likeness (QED) is 0.874. The SMILES string of the molecule is Cn1cc(S(=O)(=O)N2CCCCC2)cc1C(=O)NCc1cccnc1. The molecule has 25 heavy (non-hydrogen) atoms. The van der Waals surface area contributed by atoms with E-state index < -0.39 is 10.0 Å². The van der Waals surface area contributed by atoms with Gasteiger partial charge in [-0.05, 0) is 30.5 Å². The molecule has 0 spiro atoms. The number of hydrogen-bond acceptors (Lipinski definition) is 4. The third-order valence-corrected chi connectivity index (χ3v) is 6.21. The highest BCUT2D eigenvalue weighted by molar-refractivity contribution is 7.89. The Kier molecular flexibility index (Phi) is 5.19. The van der Waals surface area contributed by atoms with Gasteiger partial charge in [-0.25, -0.2) is 8.42 Å². The molecular weight excluding hydrogens is 340 g/mol. The van der Waals surface area contributed by atoms with Crippen molar-refractivity contribution >= 4 is 15.9 Å². The van der Waals surface area contributed by atoms with E-state index in [0.717, 1.165) is 24.8 Å². The molecule has 3 heterocycles. The van der Waals surface area contributed by atoms with Crippen LogP contribution >= 0.6 is 0 Å². The average Bonchev–Trinajstić information content (AvgIpc) is 3.04. The Balaban J connectivity index is 1.74. The molecule has 1 saturated heterocycles. The molecular formula is C17H22N4O3S. The second-order valence-corrected chi connectivity index (χ2v) is 8.12. The van der Waals surface area contributed by atoms with Crippen LogP contribution in [0.1, 0.15) is 35.3 Å². The lowest BCUT2D eigenvalue weighted by Crippen LogP contribution is -2.35. The first-order valence-electron chi connectivity index (χ1n) is 8.32. The van der Waals surface area contributed by atoms with Crippen molar-refractivity contribution in [2.24, 2.45) is 7.05 Å². The van der Waals surface area contributed by atoms with E-state index in [1.165, 1.54) is 16.6 Å². The first-order chi connectivity index (χ1) is 12.0. The standard InChI is InChI=1S/C17H22N4O3S/c1-20-13-15(25(23,24)21-8-3-2-4-9-21)10-16(20)17(22)19-12-14-6-5-7-18-11-14/h5-7,10-11,13H,2-4,8-9,12H2,1H3,(H,19,22). The number of hydrogen-bond donors (Lipinski definition) is 1. The van der Waals surface area contributed by atoms with Crippen molar-refractivity contribution in [3.8, 4) is 0 Å². The molecule has 1 amide bonds. The number of sulfonamides is 1. The van der Waals surface area contributed by atoms with Gasteiger partial charge in [0.2, 0.25) is 10.0 Å². The summed E-state index contributed by atoms with van der Waals surface area (Å²) in [5.74, 6) is -0.313. The van der Waals surface area contributed by atoms with Gasteiger partial charge < -0.3 is 9.88 Å². The van der Waals surface area contributed by atoms with Crippen molar-refractivity contribution in [2.75, 3.05) is 13.1 Å². The smallest absolute Gasteiger partial charge is 0.268 e. The minimum Gasteiger partial charge on any atom is -0.347 e. The lowest BCUT2D eigenvalue weighted by atomic mass is 10.2. The van der Waals surface area contributed by atoms with Crippen LogP contribution in [-0.4, -0.2) is 41.3 Å². The number of piperidine rings is 1. The predicted molar refractivity (Wildman–Crippen MR) is 93.4 cm³/mol. The Labute approximate surface area is 147 Å². The zero-order valence-electron chi connectivity index (χ0n) is 14.2. The largest absolute Gasteiger partial charge is 0.347 e. The first-order valence-corrected chi connectivity index (χ1v) is 9.76. The molecule has 7 nitrogen and oxygen atoms in total. The highest BCUT2D eigenvalue weighted by atomic mass is 32.2. The Bertz CT molecular complexity index is 840. The molecule has 0 bridgehead atoms. The van der Waals surface area contributed by atoms with Crippen molar-refractivity contribution in [3.63, 3.8) is 0 Å². The fraction of sp³-hybridized carbons (Fsp3) is 0.412. The van der Waals surface area contributed by atoms with Gasteiger partial charge in [0.15, 0.2) is 0 Å². The molecule has 0 atom stereocenters. The summed E-state index contributed by atoms with van der Waals surface area (Å²) in [7, 11) is -1.87. The molecule has 2 aromatic heterocycles. The van der Waals surface area contributed by atoms with E-state index in [9.17, 15) is 13.2 Å². The molecule has 0 radical (unpaired) electrons. The van der Waals surface area contributed by atoms with Crippen LogP contribution in [0, 0.1) is 0 Å². The zero-order valence-corrected chi connectivity index (χ0v) is 15.0. The Morgan fingerprint density at radius 1 is 1.28 bits per heavy atom. The molecule has 1 fully saturated rings. The number of nitrogens with zero attached hydrogens (tertiary/aromatic N) is 3. The van der Waals surface area contributed by atoms with Crippen molar-refractivity contribution in [3.05, 3.63) is 48.0 Å². The number of pyridine rings is 1. The summed E-state index contributed by atoms with van der Waals surface area (Å²) < 4.78 is 28.5. The summed E-state index contributed by atoms with van der Waals surface area (Å²) in [6.07, 6.45) is 7.67. The van der Waals surface area contributed by atoms with E-state index in [4.69, 9.17) is 0 Å². The van der Waals surface area contributed by atoms with Crippen LogP contribution in [-0.2, 0) is 23.6 Å². The van der Waals surface area contributed by atoms with Crippen LogP contribution in [0.4, 0.5) is 0 Å². The van der Waals surface area contributed by atoms with Crippen LogP contribution in [0.5, 0.6) is 0 Å². The number of amides is 1. The Morgan fingerprint density at radius 3 is 2.72 bits per heavy atom. The molecule has 3 rings (SSSR count). The molecule has 1 aliphatic rings. The zero-order chi connectivity index (χ0) is 17.9. The Morgan fingerprint density at radius 2 is 2.04 bits per heavy atom. The van der Waals surface area contributed by atoms with Crippen LogP contribution in [0.3, 0.4) is 0 Å². The number of carbonyl (C=O) groups excluding carboxylic acids is 1. The van der Waals surface area contributed by atoms with Gasteiger partial charge in [0, 0.05) is 45.3 Å². The minimum atomic E-state index is -3.54. The third kappa shape index (κ3) is 3.91. The van der Waals surface area contributed by atoms with Crippen LogP contribution < -0.4 is 5.32 Å². The topological polar surface area (TPSA) is 84.3 Å². The van der Waals surface area contributed by atoms with Crippen molar-refractivity contribution in [1.82, 2.24) is 19.2 Å². The minimum absolute atomic E-state index is 0.170. The fourth-order valence-electron chi connectivity index (χ4n) is 2.93. The summed E-state index contributed by atoms with van der Waals surface area (Å²) in [4.78, 5) is 16.6. The maximum atomic E-state index is 12.7. The van der Waals surface area contributed by atoms with Gasteiger partial charge in [-0.2, -0.15) is 4.31 Å². The molecule has 0 aromatic carbocycles. The third-order valence-electron chi connectivity index (χ3n) is 4.34. The van der Waals surface area contributed by atoms with E-state index >= 15 is 0 Å². The number of nitrogens with one attached hydrogen (secondary N) is 1. The van der Waals surface area contributed by atoms with Gasteiger partial charge in [0.25, 0.3) is 5.91 Å². The highest BCUT2D eigenvalue weighted by Gasteiger charge is 2.28. The van der Waals surface area contributed by atoms with Gasteiger partial charge in [-0.15, -0.1) is 0 Å². The number of carbonyl (C=O) groups is 1. The summed E-state index contributed by atoms with van der Waals surface area (Å²) in [6, 6.07) is 5.11. The number of aryl methyl sites for hydroxylation is 1. The highest BCUT2D eigenvalue weighted by Crippen LogP contribution is 2.22. The second kappa shape index (κ2) is 7.37.